The first-order chi connectivity index (χ1) is 17.3. The molecule has 0 aliphatic carbocycles. The average molecular weight is 486 g/mol. The topological polar surface area (TPSA) is 3.24 Å². The Hall–Kier alpha value is -3.85. The Labute approximate surface area is 212 Å². The van der Waals surface area contributed by atoms with Crippen LogP contribution < -0.4 is 4.90 Å². The summed E-state index contributed by atoms with van der Waals surface area (Å²) in [6.07, 6.45) is 0. The zero-order chi connectivity index (χ0) is 23.4. The van der Waals surface area contributed by atoms with E-state index in [1.807, 2.05) is 11.3 Å². The van der Waals surface area contributed by atoms with Crippen molar-refractivity contribution >= 4 is 81.7 Å². The van der Waals surface area contributed by atoms with Crippen molar-refractivity contribution in [3.8, 4) is 0 Å². The quantitative estimate of drug-likeness (QED) is 0.240. The van der Waals surface area contributed by atoms with Gasteiger partial charge in [0.2, 0.25) is 0 Å². The van der Waals surface area contributed by atoms with E-state index in [1.165, 1.54) is 42.0 Å². The second kappa shape index (κ2) is 8.13. The second-order valence-electron chi connectivity index (χ2n) is 8.72. The monoisotopic (exact) mass is 485 g/mol. The van der Waals surface area contributed by atoms with Gasteiger partial charge in [0.1, 0.15) is 0 Å². The molecular weight excluding hydrogens is 466 g/mol. The van der Waals surface area contributed by atoms with Crippen LogP contribution in [0.15, 0.2) is 121 Å². The van der Waals surface area contributed by atoms with Crippen LogP contribution in [0.5, 0.6) is 0 Å². The fraction of sp³-hybridized carbons (Fsp3) is 0. The van der Waals surface area contributed by atoms with Gasteiger partial charge in [-0.1, -0.05) is 96.5 Å². The van der Waals surface area contributed by atoms with Crippen molar-refractivity contribution in [3.05, 3.63) is 126 Å². The number of hydrogen-bond donors (Lipinski definition) is 0. The molecule has 0 amide bonds. The van der Waals surface area contributed by atoms with Crippen LogP contribution in [-0.4, -0.2) is 0 Å². The molecule has 0 unspecified atom stereocenters. The molecule has 0 bridgehead atoms. The molecule has 0 atom stereocenters. The summed E-state index contributed by atoms with van der Waals surface area (Å²) in [5, 5.41) is 7.98. The van der Waals surface area contributed by atoms with Crippen LogP contribution >= 0.6 is 22.9 Å². The van der Waals surface area contributed by atoms with Crippen LogP contribution in [-0.2, 0) is 0 Å². The van der Waals surface area contributed by atoms with Gasteiger partial charge >= 0.3 is 0 Å². The molecule has 166 valence electrons. The maximum absolute atomic E-state index is 6.97. The molecule has 7 rings (SSSR count). The van der Waals surface area contributed by atoms with Gasteiger partial charge in [-0.2, -0.15) is 0 Å². The number of para-hydroxylation sites is 2. The van der Waals surface area contributed by atoms with E-state index in [0.29, 0.717) is 0 Å². The van der Waals surface area contributed by atoms with E-state index in [4.69, 9.17) is 11.6 Å². The van der Waals surface area contributed by atoms with Gasteiger partial charge in [0.25, 0.3) is 0 Å². The number of benzene rings is 6. The average Bonchev–Trinajstić information content (AvgIpc) is 3.30. The summed E-state index contributed by atoms with van der Waals surface area (Å²) >= 11 is 8.80. The number of nitrogens with zero attached hydrogens (tertiary/aromatic N) is 1. The summed E-state index contributed by atoms with van der Waals surface area (Å²) in [4.78, 5) is 2.39. The maximum Gasteiger partial charge on any atom is 0.0718 e. The van der Waals surface area contributed by atoms with Gasteiger partial charge < -0.3 is 4.90 Å². The molecule has 1 aromatic heterocycles. The van der Waals surface area contributed by atoms with Crippen molar-refractivity contribution < 1.29 is 0 Å². The lowest BCUT2D eigenvalue weighted by Crippen LogP contribution is -2.10. The van der Waals surface area contributed by atoms with Crippen molar-refractivity contribution in [2.24, 2.45) is 0 Å². The molecule has 0 radical (unpaired) electrons. The van der Waals surface area contributed by atoms with E-state index in [2.05, 4.69) is 126 Å². The molecule has 0 aliphatic heterocycles. The number of thiophene rings is 1. The highest BCUT2D eigenvalue weighted by Gasteiger charge is 2.22. The SMILES string of the molecule is Clc1cc2ccccc2c2sc3c(N(c4ccccc4)c4ccccc4)c4ccccc4cc3c12. The van der Waals surface area contributed by atoms with E-state index in [0.717, 1.165) is 21.8 Å². The first kappa shape index (κ1) is 20.5. The minimum absolute atomic E-state index is 0.803. The first-order valence-corrected chi connectivity index (χ1v) is 12.8. The Morgan fingerprint density at radius 1 is 0.514 bits per heavy atom. The van der Waals surface area contributed by atoms with Crippen molar-refractivity contribution in [2.45, 2.75) is 0 Å². The van der Waals surface area contributed by atoms with E-state index < -0.39 is 0 Å². The van der Waals surface area contributed by atoms with Gasteiger partial charge in [-0.15, -0.1) is 11.3 Å². The summed E-state index contributed by atoms with van der Waals surface area (Å²) < 4.78 is 2.48. The standard InChI is InChI=1S/C32H20ClNS/c33-28-20-22-12-8-10-18-26(22)31-29(28)27-19-21-11-7-9-17-25(21)30(32(27)35-31)34(23-13-3-1-4-14-23)24-15-5-2-6-16-24/h1-20H. The van der Waals surface area contributed by atoms with E-state index in [-0.39, 0.29) is 0 Å². The largest absolute Gasteiger partial charge is 0.308 e. The molecule has 6 aromatic carbocycles. The lowest BCUT2D eigenvalue weighted by Gasteiger charge is -2.27. The Morgan fingerprint density at radius 3 is 1.71 bits per heavy atom. The van der Waals surface area contributed by atoms with E-state index >= 15 is 0 Å². The fourth-order valence-electron chi connectivity index (χ4n) is 5.12. The summed E-state index contributed by atoms with van der Waals surface area (Å²) in [6, 6.07) is 42.8. The minimum atomic E-state index is 0.803. The molecule has 35 heavy (non-hydrogen) atoms. The molecule has 0 fully saturated rings. The van der Waals surface area contributed by atoms with Crippen molar-refractivity contribution in [1.29, 1.82) is 0 Å². The Morgan fingerprint density at radius 2 is 1.06 bits per heavy atom. The van der Waals surface area contributed by atoms with Gasteiger partial charge in [0, 0.05) is 32.2 Å². The molecule has 0 saturated carbocycles. The smallest absolute Gasteiger partial charge is 0.0718 e. The lowest BCUT2D eigenvalue weighted by atomic mass is 10.0. The fourth-order valence-corrected chi connectivity index (χ4v) is 6.88. The number of fused-ring (bicyclic) bond motifs is 6. The third-order valence-corrected chi connectivity index (χ3v) is 8.20. The van der Waals surface area contributed by atoms with Crippen LogP contribution in [0, 0.1) is 0 Å². The van der Waals surface area contributed by atoms with Crippen LogP contribution in [0.25, 0.3) is 41.7 Å². The number of anilines is 3. The van der Waals surface area contributed by atoms with Crippen LogP contribution in [0.2, 0.25) is 5.02 Å². The Balaban J connectivity index is 1.70. The number of hydrogen-bond acceptors (Lipinski definition) is 2. The molecule has 1 heterocycles. The van der Waals surface area contributed by atoms with E-state index in [9.17, 15) is 0 Å². The van der Waals surface area contributed by atoms with Crippen LogP contribution in [0.3, 0.4) is 0 Å². The molecule has 0 aliphatic rings. The summed E-state index contributed by atoms with van der Waals surface area (Å²) in [7, 11) is 0. The first-order valence-electron chi connectivity index (χ1n) is 11.6. The normalized spacial score (nSPS) is 11.6. The van der Waals surface area contributed by atoms with Crippen molar-refractivity contribution in [3.63, 3.8) is 0 Å². The molecule has 3 heteroatoms. The molecule has 0 N–H and O–H groups in total. The van der Waals surface area contributed by atoms with Gasteiger partial charge in [-0.05, 0) is 52.6 Å². The summed E-state index contributed by atoms with van der Waals surface area (Å²) in [5.74, 6) is 0. The molecular formula is C32H20ClNS. The number of rotatable bonds is 3. The lowest BCUT2D eigenvalue weighted by molar-refractivity contribution is 1.31. The zero-order valence-corrected chi connectivity index (χ0v) is 20.4. The summed E-state index contributed by atoms with van der Waals surface area (Å²) in [6.45, 7) is 0. The van der Waals surface area contributed by atoms with Crippen LogP contribution in [0.4, 0.5) is 17.1 Å². The van der Waals surface area contributed by atoms with Gasteiger partial charge in [0.05, 0.1) is 15.4 Å². The molecule has 7 aromatic rings. The Bertz CT molecular complexity index is 1820. The molecule has 0 saturated heterocycles. The molecule has 0 spiro atoms. The highest BCUT2D eigenvalue weighted by Crippen LogP contribution is 2.51. The maximum atomic E-state index is 6.97. The summed E-state index contributed by atoms with van der Waals surface area (Å²) in [5.41, 5.74) is 3.45. The van der Waals surface area contributed by atoms with Crippen molar-refractivity contribution in [1.82, 2.24) is 0 Å². The highest BCUT2D eigenvalue weighted by atomic mass is 35.5. The van der Waals surface area contributed by atoms with Crippen molar-refractivity contribution in [2.75, 3.05) is 4.90 Å². The van der Waals surface area contributed by atoms with Crippen LogP contribution in [0.1, 0.15) is 0 Å². The molecule has 1 nitrogen and oxygen atoms in total. The third-order valence-electron chi connectivity index (χ3n) is 6.65. The predicted octanol–water partition coefficient (Wildman–Crippen LogP) is 10.5. The predicted molar refractivity (Wildman–Crippen MR) is 154 cm³/mol. The van der Waals surface area contributed by atoms with Gasteiger partial charge in [-0.25, -0.2) is 0 Å². The number of halogens is 1. The van der Waals surface area contributed by atoms with Gasteiger partial charge in [-0.3, -0.25) is 0 Å². The minimum Gasteiger partial charge on any atom is -0.308 e. The van der Waals surface area contributed by atoms with Gasteiger partial charge in [0.15, 0.2) is 0 Å². The second-order valence-corrected chi connectivity index (χ2v) is 10.1. The highest BCUT2D eigenvalue weighted by molar-refractivity contribution is 7.27. The third kappa shape index (κ3) is 3.22. The zero-order valence-electron chi connectivity index (χ0n) is 18.8. The Kier molecular flexibility index (Phi) is 4.76. The van der Waals surface area contributed by atoms with E-state index in [1.54, 1.807) is 0 Å².